The largest absolute Gasteiger partial charge is 0.298 e. The van der Waals surface area contributed by atoms with Crippen LogP contribution in [0.3, 0.4) is 0 Å². The lowest BCUT2D eigenvalue weighted by atomic mass is 10.2. The summed E-state index contributed by atoms with van der Waals surface area (Å²) >= 11 is 6.05. The number of carbonyl (C=O) groups excluding carboxylic acids is 1. The number of halogens is 2. The molecule has 0 amide bonds. The van der Waals surface area contributed by atoms with Crippen molar-refractivity contribution in [3.8, 4) is 11.3 Å². The number of aromatic nitrogens is 4. The summed E-state index contributed by atoms with van der Waals surface area (Å²) in [6, 6.07) is 2.83. The van der Waals surface area contributed by atoms with E-state index in [1.807, 2.05) is 0 Å². The van der Waals surface area contributed by atoms with Crippen molar-refractivity contribution >= 4 is 23.5 Å². The molecule has 3 aromatic rings. The van der Waals surface area contributed by atoms with Crippen molar-refractivity contribution in [1.82, 2.24) is 19.6 Å². The van der Waals surface area contributed by atoms with Gasteiger partial charge in [-0.3, -0.25) is 9.78 Å². The number of carbonyl (C=O) groups is 1. The van der Waals surface area contributed by atoms with E-state index in [1.54, 1.807) is 0 Å². The van der Waals surface area contributed by atoms with E-state index in [2.05, 4.69) is 15.1 Å². The van der Waals surface area contributed by atoms with Crippen molar-refractivity contribution in [2.24, 2.45) is 0 Å². The molecule has 0 aromatic carbocycles. The molecule has 3 aromatic heterocycles. The minimum Gasteiger partial charge on any atom is -0.298 e. The molecule has 0 spiro atoms. The van der Waals surface area contributed by atoms with Gasteiger partial charge in [-0.25, -0.2) is 13.9 Å². The van der Waals surface area contributed by atoms with Gasteiger partial charge in [0.15, 0.2) is 11.9 Å². The van der Waals surface area contributed by atoms with Crippen LogP contribution in [0.25, 0.3) is 16.9 Å². The third-order valence-corrected chi connectivity index (χ3v) is 2.85. The molecule has 0 aliphatic rings. The summed E-state index contributed by atoms with van der Waals surface area (Å²) in [5, 5.41) is 4.22. The molecule has 7 heteroatoms. The zero-order valence-electron chi connectivity index (χ0n) is 9.42. The Bertz CT molecular complexity index is 786. The number of nitrogens with zero attached hydrogens (tertiary/aromatic N) is 4. The number of hydrogen-bond donors (Lipinski definition) is 0. The molecule has 5 nitrogen and oxygen atoms in total. The second-order valence-corrected chi connectivity index (χ2v) is 4.20. The summed E-state index contributed by atoms with van der Waals surface area (Å²) in [5.74, 6) is -0.473. The predicted molar refractivity (Wildman–Crippen MR) is 66.6 cm³/mol. The van der Waals surface area contributed by atoms with Crippen molar-refractivity contribution in [2.75, 3.05) is 0 Å². The Morgan fingerprint density at radius 1 is 1.26 bits per heavy atom. The monoisotopic (exact) mass is 276 g/mol. The van der Waals surface area contributed by atoms with Gasteiger partial charge in [0.05, 0.1) is 23.7 Å². The fourth-order valence-electron chi connectivity index (χ4n) is 1.73. The van der Waals surface area contributed by atoms with Crippen LogP contribution in [0.2, 0.25) is 5.15 Å². The van der Waals surface area contributed by atoms with E-state index in [4.69, 9.17) is 11.6 Å². The molecule has 0 fully saturated rings. The van der Waals surface area contributed by atoms with Crippen LogP contribution in [-0.2, 0) is 0 Å². The maximum atomic E-state index is 13.2. The van der Waals surface area contributed by atoms with Crippen molar-refractivity contribution in [3.63, 3.8) is 0 Å². The highest BCUT2D eigenvalue weighted by atomic mass is 35.5. The molecule has 0 radical (unpaired) electrons. The van der Waals surface area contributed by atoms with Crippen LogP contribution in [0.4, 0.5) is 4.39 Å². The zero-order valence-corrected chi connectivity index (χ0v) is 10.2. The quantitative estimate of drug-likeness (QED) is 0.533. The molecule has 0 aliphatic carbocycles. The first kappa shape index (κ1) is 11.7. The number of hydrogen-bond acceptors (Lipinski definition) is 4. The second-order valence-electron chi connectivity index (χ2n) is 3.81. The van der Waals surface area contributed by atoms with Crippen molar-refractivity contribution in [2.45, 2.75) is 0 Å². The average Bonchev–Trinajstić information content (AvgIpc) is 2.82. The van der Waals surface area contributed by atoms with Gasteiger partial charge in [-0.1, -0.05) is 11.6 Å². The van der Waals surface area contributed by atoms with Gasteiger partial charge >= 0.3 is 0 Å². The first-order valence-corrected chi connectivity index (χ1v) is 5.67. The molecule has 0 saturated heterocycles. The van der Waals surface area contributed by atoms with Crippen LogP contribution in [-0.4, -0.2) is 25.9 Å². The third kappa shape index (κ3) is 1.96. The highest BCUT2D eigenvalue weighted by Crippen LogP contribution is 2.23. The van der Waals surface area contributed by atoms with Gasteiger partial charge in [0.2, 0.25) is 0 Å². The molecule has 94 valence electrons. The molecular formula is C12H6ClFN4O. The van der Waals surface area contributed by atoms with Gasteiger partial charge in [0.25, 0.3) is 0 Å². The normalized spacial score (nSPS) is 10.8. The molecule has 19 heavy (non-hydrogen) atoms. The molecule has 0 aliphatic heterocycles. The van der Waals surface area contributed by atoms with Crippen LogP contribution in [0.1, 0.15) is 10.4 Å². The fourth-order valence-corrected chi connectivity index (χ4v) is 1.95. The van der Waals surface area contributed by atoms with E-state index in [-0.39, 0.29) is 5.15 Å². The molecule has 0 bridgehead atoms. The van der Waals surface area contributed by atoms with E-state index < -0.39 is 5.82 Å². The highest BCUT2D eigenvalue weighted by Gasteiger charge is 2.11. The van der Waals surface area contributed by atoms with E-state index in [9.17, 15) is 9.18 Å². The van der Waals surface area contributed by atoms with E-state index in [0.717, 1.165) is 6.20 Å². The Balaban J connectivity index is 2.27. The highest BCUT2D eigenvalue weighted by molar-refractivity contribution is 6.30. The topological polar surface area (TPSA) is 60.2 Å². The Morgan fingerprint density at radius 3 is 2.84 bits per heavy atom. The first-order chi connectivity index (χ1) is 9.19. The molecular weight excluding hydrogens is 271 g/mol. The maximum absolute atomic E-state index is 13.2. The minimum atomic E-state index is -0.473. The molecule has 3 rings (SSSR count). The van der Waals surface area contributed by atoms with Crippen molar-refractivity contribution in [3.05, 3.63) is 47.3 Å². The summed E-state index contributed by atoms with van der Waals surface area (Å²) in [5.41, 5.74) is 1.53. The first-order valence-electron chi connectivity index (χ1n) is 5.29. The molecule has 3 heterocycles. The van der Waals surface area contributed by atoms with E-state index >= 15 is 0 Å². The van der Waals surface area contributed by atoms with Crippen LogP contribution >= 0.6 is 11.6 Å². The van der Waals surface area contributed by atoms with Crippen molar-refractivity contribution < 1.29 is 9.18 Å². The van der Waals surface area contributed by atoms with E-state index in [0.29, 0.717) is 28.8 Å². The Kier molecular flexibility index (Phi) is 2.72. The van der Waals surface area contributed by atoms with Gasteiger partial charge in [0, 0.05) is 17.8 Å². The van der Waals surface area contributed by atoms with Crippen LogP contribution in [0.5, 0.6) is 0 Å². The zero-order chi connectivity index (χ0) is 13.4. The molecule has 0 unspecified atom stereocenters. The predicted octanol–water partition coefficient (Wildman–Crippen LogP) is 2.40. The summed E-state index contributed by atoms with van der Waals surface area (Å²) < 4.78 is 14.5. The summed E-state index contributed by atoms with van der Waals surface area (Å²) in [6.07, 6.45) is 4.57. The molecule has 0 saturated carbocycles. The van der Waals surface area contributed by atoms with Crippen LogP contribution in [0, 0.1) is 5.82 Å². The van der Waals surface area contributed by atoms with Gasteiger partial charge in [0.1, 0.15) is 11.0 Å². The summed E-state index contributed by atoms with van der Waals surface area (Å²) in [4.78, 5) is 18.9. The smallest absolute Gasteiger partial charge is 0.167 e. The van der Waals surface area contributed by atoms with Gasteiger partial charge in [-0.05, 0) is 6.07 Å². The number of fused-ring (bicyclic) bond motifs is 1. The average molecular weight is 277 g/mol. The SMILES string of the molecule is O=Cc1cnn2c(Cl)cc(-c3cncc(F)c3)nc12. The minimum absolute atomic E-state index is 0.275. The molecule has 0 atom stereocenters. The number of aldehydes is 1. The van der Waals surface area contributed by atoms with Gasteiger partial charge < -0.3 is 0 Å². The van der Waals surface area contributed by atoms with E-state index in [1.165, 1.54) is 29.0 Å². The van der Waals surface area contributed by atoms with Crippen LogP contribution < -0.4 is 0 Å². The Labute approximate surface area is 111 Å². The third-order valence-electron chi connectivity index (χ3n) is 2.58. The Hall–Kier alpha value is -2.34. The lowest BCUT2D eigenvalue weighted by molar-refractivity contribution is 0.112. The lowest BCUT2D eigenvalue weighted by Gasteiger charge is -2.03. The number of pyridine rings is 1. The standard InChI is InChI=1S/C12H6ClFN4O/c13-11-2-10(7-1-9(14)5-15-3-7)17-12-8(6-19)4-16-18(11)12/h1-6H. The lowest BCUT2D eigenvalue weighted by Crippen LogP contribution is -1.96. The Morgan fingerprint density at radius 2 is 2.11 bits per heavy atom. The molecule has 0 N–H and O–H groups in total. The number of rotatable bonds is 2. The van der Waals surface area contributed by atoms with Crippen molar-refractivity contribution in [1.29, 1.82) is 0 Å². The summed E-state index contributed by atoms with van der Waals surface area (Å²) in [6.45, 7) is 0. The fraction of sp³-hybridized carbons (Fsp3) is 0. The van der Waals surface area contributed by atoms with Gasteiger partial charge in [-0.15, -0.1) is 0 Å². The second kappa shape index (κ2) is 4.40. The van der Waals surface area contributed by atoms with Gasteiger partial charge in [-0.2, -0.15) is 5.10 Å². The van der Waals surface area contributed by atoms with Crippen LogP contribution in [0.15, 0.2) is 30.7 Å². The maximum Gasteiger partial charge on any atom is 0.167 e. The summed E-state index contributed by atoms with van der Waals surface area (Å²) in [7, 11) is 0.